The molecule has 3 aromatic carbocycles. The Morgan fingerprint density at radius 1 is 1.03 bits per heavy atom. The predicted molar refractivity (Wildman–Crippen MR) is 125 cm³/mol. The number of nitrogens with zero attached hydrogens (tertiary/aromatic N) is 1. The zero-order chi connectivity index (χ0) is 22.4. The van der Waals surface area contributed by atoms with Crippen LogP contribution in [-0.2, 0) is 16.6 Å². The summed E-state index contributed by atoms with van der Waals surface area (Å²) in [6.07, 6.45) is 0. The topological polar surface area (TPSA) is 75.7 Å². The van der Waals surface area contributed by atoms with E-state index in [4.69, 9.17) is 4.74 Å². The number of hydrogen-bond donors (Lipinski definition) is 1. The molecule has 0 heterocycles. The molecule has 162 valence electrons. The third-order valence-electron chi connectivity index (χ3n) is 4.56. The lowest BCUT2D eigenvalue weighted by Crippen LogP contribution is -2.26. The van der Waals surface area contributed by atoms with Crippen LogP contribution < -0.4 is 10.1 Å². The van der Waals surface area contributed by atoms with E-state index in [9.17, 15) is 13.2 Å². The Hall–Kier alpha value is -2.68. The number of carbonyl (C=O) groups is 1. The molecule has 31 heavy (non-hydrogen) atoms. The van der Waals surface area contributed by atoms with Gasteiger partial charge in [-0.3, -0.25) is 4.79 Å². The second-order valence-corrected chi connectivity index (χ2v) is 9.70. The molecule has 0 aliphatic carbocycles. The summed E-state index contributed by atoms with van der Waals surface area (Å²) >= 11 is 3.39. The molecule has 3 rings (SSSR count). The molecule has 0 aliphatic rings. The van der Waals surface area contributed by atoms with Gasteiger partial charge in [-0.25, -0.2) is 8.42 Å². The molecule has 1 N–H and O–H groups in total. The van der Waals surface area contributed by atoms with Crippen LogP contribution >= 0.6 is 15.9 Å². The number of ether oxygens (including phenoxy) is 1. The van der Waals surface area contributed by atoms with E-state index in [2.05, 4.69) is 21.2 Å². The minimum atomic E-state index is -3.65. The molecule has 0 saturated heterocycles. The molecule has 3 aromatic rings. The number of nitrogens with one attached hydrogen (secondary N) is 1. The first-order chi connectivity index (χ1) is 14.8. The van der Waals surface area contributed by atoms with Gasteiger partial charge in [0.1, 0.15) is 5.75 Å². The highest BCUT2D eigenvalue weighted by molar-refractivity contribution is 9.10. The molecule has 0 spiro atoms. The fraction of sp³-hybridized carbons (Fsp3) is 0.174. The van der Waals surface area contributed by atoms with Gasteiger partial charge in [0.05, 0.1) is 16.0 Å². The van der Waals surface area contributed by atoms with Crippen LogP contribution in [0.1, 0.15) is 22.8 Å². The molecule has 0 fully saturated rings. The van der Waals surface area contributed by atoms with Crippen molar-refractivity contribution < 1.29 is 17.9 Å². The van der Waals surface area contributed by atoms with Crippen molar-refractivity contribution in [2.75, 3.05) is 19.0 Å². The fourth-order valence-corrected chi connectivity index (χ4v) is 4.59. The summed E-state index contributed by atoms with van der Waals surface area (Å²) in [5.74, 6) is 0.355. The van der Waals surface area contributed by atoms with Gasteiger partial charge in [-0.15, -0.1) is 0 Å². The van der Waals surface area contributed by atoms with Crippen LogP contribution in [0.3, 0.4) is 0 Å². The van der Waals surface area contributed by atoms with E-state index in [-0.39, 0.29) is 17.3 Å². The van der Waals surface area contributed by atoms with Gasteiger partial charge in [-0.2, -0.15) is 4.31 Å². The molecular formula is C23H23BrN2O4S. The summed E-state index contributed by atoms with van der Waals surface area (Å²) in [5, 5.41) is 2.78. The molecule has 1 amide bonds. The van der Waals surface area contributed by atoms with Crippen LogP contribution in [0.2, 0.25) is 0 Å². The Morgan fingerprint density at radius 3 is 2.32 bits per heavy atom. The lowest BCUT2D eigenvalue weighted by atomic mass is 10.2. The molecule has 0 saturated carbocycles. The quantitative estimate of drug-likeness (QED) is 0.474. The molecule has 0 bridgehead atoms. The number of halogens is 1. The van der Waals surface area contributed by atoms with Crippen LogP contribution in [0.5, 0.6) is 5.75 Å². The molecule has 0 aromatic heterocycles. The molecule has 0 atom stereocenters. The number of hydrogen-bond acceptors (Lipinski definition) is 4. The minimum Gasteiger partial charge on any atom is -0.493 e. The summed E-state index contributed by atoms with van der Waals surface area (Å²) in [7, 11) is -2.11. The number of carbonyl (C=O) groups excluding carboxylic acids is 1. The van der Waals surface area contributed by atoms with Crippen molar-refractivity contribution in [3.8, 4) is 5.75 Å². The van der Waals surface area contributed by atoms with Crippen molar-refractivity contribution >= 4 is 37.5 Å². The Balaban J connectivity index is 1.69. The maximum absolute atomic E-state index is 12.8. The summed E-state index contributed by atoms with van der Waals surface area (Å²) in [6, 6.07) is 20.6. The van der Waals surface area contributed by atoms with E-state index < -0.39 is 10.0 Å². The first-order valence-electron chi connectivity index (χ1n) is 9.65. The van der Waals surface area contributed by atoms with Crippen molar-refractivity contribution in [2.45, 2.75) is 18.4 Å². The van der Waals surface area contributed by atoms with Crippen LogP contribution in [0.25, 0.3) is 0 Å². The molecule has 0 radical (unpaired) electrons. The number of sulfonamides is 1. The van der Waals surface area contributed by atoms with E-state index in [1.54, 1.807) is 37.4 Å². The summed E-state index contributed by atoms with van der Waals surface area (Å²) < 4.78 is 33.1. The Morgan fingerprint density at radius 2 is 1.71 bits per heavy atom. The van der Waals surface area contributed by atoms with E-state index in [1.807, 2.05) is 37.3 Å². The van der Waals surface area contributed by atoms with Gasteiger partial charge in [0.2, 0.25) is 10.0 Å². The lowest BCUT2D eigenvalue weighted by molar-refractivity contribution is 0.102. The highest BCUT2D eigenvalue weighted by Crippen LogP contribution is 2.26. The molecule has 6 nitrogen and oxygen atoms in total. The third kappa shape index (κ3) is 5.72. The highest BCUT2D eigenvalue weighted by Gasteiger charge is 2.21. The number of anilines is 1. The third-order valence-corrected chi connectivity index (χ3v) is 7.00. The van der Waals surface area contributed by atoms with Gasteiger partial charge in [-0.05, 0) is 70.9 Å². The van der Waals surface area contributed by atoms with Crippen molar-refractivity contribution in [2.24, 2.45) is 0 Å². The van der Waals surface area contributed by atoms with Crippen molar-refractivity contribution in [3.05, 3.63) is 88.4 Å². The average molecular weight is 503 g/mol. The van der Waals surface area contributed by atoms with Gasteiger partial charge in [0.15, 0.2) is 0 Å². The maximum atomic E-state index is 12.8. The van der Waals surface area contributed by atoms with Gasteiger partial charge in [-0.1, -0.05) is 30.3 Å². The smallest absolute Gasteiger partial charge is 0.255 e. The van der Waals surface area contributed by atoms with Crippen LogP contribution in [-0.4, -0.2) is 32.3 Å². The molecule has 8 heteroatoms. The Labute approximate surface area is 191 Å². The van der Waals surface area contributed by atoms with Gasteiger partial charge < -0.3 is 10.1 Å². The first-order valence-corrected chi connectivity index (χ1v) is 11.9. The van der Waals surface area contributed by atoms with Gasteiger partial charge in [0, 0.05) is 24.8 Å². The van der Waals surface area contributed by atoms with Crippen LogP contribution in [0.15, 0.2) is 82.2 Å². The van der Waals surface area contributed by atoms with E-state index in [0.717, 1.165) is 5.56 Å². The number of benzene rings is 3. The Kier molecular flexibility index (Phi) is 7.48. The monoisotopic (exact) mass is 502 g/mol. The highest BCUT2D eigenvalue weighted by atomic mass is 79.9. The number of amides is 1. The van der Waals surface area contributed by atoms with E-state index >= 15 is 0 Å². The largest absolute Gasteiger partial charge is 0.493 e. The van der Waals surface area contributed by atoms with Crippen LogP contribution in [0.4, 0.5) is 5.69 Å². The van der Waals surface area contributed by atoms with Crippen molar-refractivity contribution in [3.63, 3.8) is 0 Å². The summed E-state index contributed by atoms with van der Waals surface area (Å²) in [5.41, 5.74) is 1.85. The maximum Gasteiger partial charge on any atom is 0.255 e. The van der Waals surface area contributed by atoms with E-state index in [0.29, 0.717) is 28.1 Å². The second kappa shape index (κ2) is 10.1. The van der Waals surface area contributed by atoms with Gasteiger partial charge >= 0.3 is 0 Å². The zero-order valence-electron chi connectivity index (χ0n) is 17.2. The molecular weight excluding hydrogens is 480 g/mol. The van der Waals surface area contributed by atoms with Gasteiger partial charge in [0.25, 0.3) is 5.91 Å². The first kappa shape index (κ1) is 23.0. The lowest BCUT2D eigenvalue weighted by Gasteiger charge is -2.17. The minimum absolute atomic E-state index is 0.160. The zero-order valence-corrected chi connectivity index (χ0v) is 19.6. The van der Waals surface area contributed by atoms with Crippen molar-refractivity contribution in [1.29, 1.82) is 0 Å². The SMILES string of the molecule is CCOc1ccc(C(=O)Nc2ccc(S(=O)(=O)N(C)Cc3ccccc3)cc2)cc1Br. The van der Waals surface area contributed by atoms with Crippen molar-refractivity contribution in [1.82, 2.24) is 4.31 Å². The van der Waals surface area contributed by atoms with Crippen LogP contribution in [0, 0.1) is 0 Å². The second-order valence-electron chi connectivity index (χ2n) is 6.80. The normalized spacial score (nSPS) is 11.4. The predicted octanol–water partition coefficient (Wildman–Crippen LogP) is 4.92. The molecule has 0 aliphatic heterocycles. The van der Waals surface area contributed by atoms with E-state index in [1.165, 1.54) is 16.4 Å². The average Bonchev–Trinajstić information content (AvgIpc) is 2.76. The summed E-state index contributed by atoms with van der Waals surface area (Å²) in [6.45, 7) is 2.69. The fourth-order valence-electron chi connectivity index (χ4n) is 2.93. The Bertz CT molecular complexity index is 1150. The summed E-state index contributed by atoms with van der Waals surface area (Å²) in [4.78, 5) is 12.7. The standard InChI is InChI=1S/C23H23BrN2O4S/c1-3-30-22-14-9-18(15-21(22)24)23(27)25-19-10-12-20(13-11-19)31(28,29)26(2)16-17-7-5-4-6-8-17/h4-15H,3,16H2,1-2H3,(H,25,27). The number of rotatable bonds is 8. The molecule has 0 unspecified atom stereocenters.